The van der Waals surface area contributed by atoms with E-state index >= 15 is 0 Å². The van der Waals surface area contributed by atoms with Crippen molar-refractivity contribution in [2.24, 2.45) is 4.99 Å². The molecule has 1 fully saturated rings. The number of aromatic nitrogens is 2. The van der Waals surface area contributed by atoms with Crippen molar-refractivity contribution >= 4 is 16.9 Å². The zero-order valence-electron chi connectivity index (χ0n) is 13.6. The molecule has 0 amide bonds. The maximum Gasteiger partial charge on any atom is 0.160 e. The van der Waals surface area contributed by atoms with Crippen LogP contribution in [0.5, 0.6) is 0 Å². The first-order chi connectivity index (χ1) is 11.3. The van der Waals surface area contributed by atoms with Crippen LogP contribution in [0.4, 0.5) is 0 Å². The van der Waals surface area contributed by atoms with E-state index in [4.69, 9.17) is 4.99 Å². The highest BCUT2D eigenvalue weighted by molar-refractivity contribution is 8.14. The second kappa shape index (κ2) is 6.04. The second-order valence-electron chi connectivity index (χ2n) is 6.06. The summed E-state index contributed by atoms with van der Waals surface area (Å²) in [4.78, 5) is 12.2. The van der Waals surface area contributed by atoms with Crippen LogP contribution in [0.2, 0.25) is 0 Å². The summed E-state index contributed by atoms with van der Waals surface area (Å²) in [6.45, 7) is 5.46. The largest absolute Gasteiger partial charge is 0.350 e. The van der Waals surface area contributed by atoms with Crippen LogP contribution < -0.4 is 0 Å². The highest BCUT2D eigenvalue weighted by Crippen LogP contribution is 2.48. The maximum absolute atomic E-state index is 5.06. The Kier molecular flexibility index (Phi) is 3.89. The van der Waals surface area contributed by atoms with Crippen LogP contribution in [0.15, 0.2) is 47.7 Å². The third-order valence-electron chi connectivity index (χ3n) is 4.84. The molecule has 23 heavy (non-hydrogen) atoms. The van der Waals surface area contributed by atoms with Crippen molar-refractivity contribution in [1.29, 1.82) is 0 Å². The van der Waals surface area contributed by atoms with Crippen molar-refractivity contribution in [2.75, 3.05) is 5.75 Å². The van der Waals surface area contributed by atoms with Gasteiger partial charge in [-0.2, -0.15) is 0 Å². The smallest absolute Gasteiger partial charge is 0.160 e. The molecule has 120 valence electrons. The van der Waals surface area contributed by atoms with E-state index in [-0.39, 0.29) is 12.1 Å². The van der Waals surface area contributed by atoms with Gasteiger partial charge in [-0.3, -0.25) is 9.98 Å². The maximum atomic E-state index is 5.06. The van der Waals surface area contributed by atoms with Gasteiger partial charge in [0.25, 0.3) is 0 Å². The van der Waals surface area contributed by atoms with Crippen LogP contribution in [0.25, 0.3) is 0 Å². The SMILES string of the molecule is CC[C@@H]1CSC2=N[C@@H](c3ccccn3)[C@H](c3cccn3CC)N21. The molecule has 0 N–H and O–H groups in total. The lowest BCUT2D eigenvalue weighted by Crippen LogP contribution is -2.36. The minimum atomic E-state index is 0.0910. The molecule has 2 aromatic rings. The highest BCUT2D eigenvalue weighted by atomic mass is 32.2. The lowest BCUT2D eigenvalue weighted by atomic mass is 9.99. The van der Waals surface area contributed by atoms with Crippen molar-refractivity contribution in [2.45, 2.75) is 44.9 Å². The average Bonchev–Trinajstić information content (AvgIpc) is 3.29. The van der Waals surface area contributed by atoms with Crippen LogP contribution in [0.3, 0.4) is 0 Å². The van der Waals surface area contributed by atoms with E-state index in [0.717, 1.165) is 24.4 Å². The first-order valence-electron chi connectivity index (χ1n) is 8.38. The summed E-state index contributed by atoms with van der Waals surface area (Å²) in [5.41, 5.74) is 2.42. The standard InChI is InChI=1S/C18H22N4S/c1-3-13-12-23-18-20-16(14-8-5-6-10-19-14)17(22(13)18)15-9-7-11-21(15)4-2/h5-11,13,16-17H,3-4,12H2,1-2H3/t13-,16+,17+/m1/s1. The van der Waals surface area contributed by atoms with Gasteiger partial charge in [0.2, 0.25) is 0 Å². The number of aliphatic imine (C=N–C) groups is 1. The van der Waals surface area contributed by atoms with E-state index in [1.165, 1.54) is 10.9 Å². The zero-order valence-corrected chi connectivity index (χ0v) is 14.4. The Morgan fingerprint density at radius 1 is 1.22 bits per heavy atom. The first-order valence-corrected chi connectivity index (χ1v) is 9.37. The first kappa shape index (κ1) is 14.8. The Hall–Kier alpha value is -1.75. The number of hydrogen-bond donors (Lipinski definition) is 0. The van der Waals surface area contributed by atoms with Gasteiger partial charge in [-0.15, -0.1) is 0 Å². The minimum absolute atomic E-state index is 0.0910. The van der Waals surface area contributed by atoms with Gasteiger partial charge in [0.1, 0.15) is 6.04 Å². The number of nitrogens with zero attached hydrogens (tertiary/aromatic N) is 4. The topological polar surface area (TPSA) is 33.4 Å². The Balaban J connectivity index is 1.80. The molecule has 4 heterocycles. The van der Waals surface area contributed by atoms with E-state index in [2.05, 4.69) is 58.8 Å². The van der Waals surface area contributed by atoms with Crippen molar-refractivity contribution in [1.82, 2.24) is 14.5 Å². The van der Waals surface area contributed by atoms with Crippen molar-refractivity contribution in [3.8, 4) is 0 Å². The number of pyridine rings is 1. The van der Waals surface area contributed by atoms with E-state index in [1.54, 1.807) is 0 Å². The third kappa shape index (κ3) is 2.38. The summed E-state index contributed by atoms with van der Waals surface area (Å²) in [5, 5.41) is 1.20. The van der Waals surface area contributed by atoms with Crippen molar-refractivity contribution in [3.63, 3.8) is 0 Å². The molecule has 0 bridgehead atoms. The lowest BCUT2D eigenvalue weighted by Gasteiger charge is -2.32. The molecule has 0 aromatic carbocycles. The van der Waals surface area contributed by atoms with Crippen molar-refractivity contribution in [3.05, 3.63) is 54.1 Å². The molecule has 0 unspecified atom stereocenters. The van der Waals surface area contributed by atoms with Crippen LogP contribution in [0, 0.1) is 0 Å². The molecule has 0 aliphatic carbocycles. The molecule has 2 aliphatic rings. The molecule has 0 spiro atoms. The van der Waals surface area contributed by atoms with Crippen LogP contribution in [-0.4, -0.2) is 31.4 Å². The minimum Gasteiger partial charge on any atom is -0.350 e. The molecule has 0 saturated carbocycles. The van der Waals surface area contributed by atoms with Gasteiger partial charge >= 0.3 is 0 Å². The fourth-order valence-electron chi connectivity index (χ4n) is 3.65. The van der Waals surface area contributed by atoms with Crippen LogP contribution >= 0.6 is 11.8 Å². The molecule has 3 atom stereocenters. The van der Waals surface area contributed by atoms with Gasteiger partial charge in [-0.05, 0) is 37.6 Å². The fraction of sp³-hybridized carbons (Fsp3) is 0.444. The molecule has 2 aliphatic heterocycles. The van der Waals surface area contributed by atoms with Gasteiger partial charge in [-0.25, -0.2) is 0 Å². The Morgan fingerprint density at radius 2 is 2.13 bits per heavy atom. The van der Waals surface area contributed by atoms with E-state index < -0.39 is 0 Å². The van der Waals surface area contributed by atoms with Gasteiger partial charge in [-0.1, -0.05) is 24.8 Å². The predicted molar refractivity (Wildman–Crippen MR) is 95.6 cm³/mol. The number of amidine groups is 1. The normalized spacial score (nSPS) is 26.4. The summed E-state index contributed by atoms with van der Waals surface area (Å²) >= 11 is 1.90. The molecule has 5 heteroatoms. The van der Waals surface area contributed by atoms with Gasteiger partial charge in [0.15, 0.2) is 5.17 Å². The molecule has 0 radical (unpaired) electrons. The number of hydrogen-bond acceptors (Lipinski definition) is 4. The molecule has 1 saturated heterocycles. The number of aryl methyl sites for hydroxylation is 1. The third-order valence-corrected chi connectivity index (χ3v) is 5.96. The second-order valence-corrected chi connectivity index (χ2v) is 7.04. The lowest BCUT2D eigenvalue weighted by molar-refractivity contribution is 0.246. The summed E-state index contributed by atoms with van der Waals surface area (Å²) in [6, 6.07) is 11.5. The van der Waals surface area contributed by atoms with Gasteiger partial charge in [0.05, 0.1) is 11.7 Å². The summed E-state index contributed by atoms with van der Waals surface area (Å²) in [7, 11) is 0. The zero-order chi connectivity index (χ0) is 15.8. The molecular weight excluding hydrogens is 304 g/mol. The molecule has 2 aromatic heterocycles. The Bertz CT molecular complexity index is 709. The molecule has 4 nitrogen and oxygen atoms in total. The monoisotopic (exact) mass is 326 g/mol. The highest BCUT2D eigenvalue weighted by Gasteiger charge is 2.46. The Morgan fingerprint density at radius 3 is 2.87 bits per heavy atom. The molecule has 4 rings (SSSR count). The van der Waals surface area contributed by atoms with Crippen LogP contribution in [0.1, 0.15) is 43.7 Å². The van der Waals surface area contributed by atoms with Gasteiger partial charge in [0, 0.05) is 36.4 Å². The number of fused-ring (bicyclic) bond motifs is 1. The number of thioether (sulfide) groups is 1. The molecular formula is C18H22N4S. The summed E-state index contributed by atoms with van der Waals surface area (Å²) < 4.78 is 2.34. The van der Waals surface area contributed by atoms with Crippen molar-refractivity contribution < 1.29 is 0 Å². The summed E-state index contributed by atoms with van der Waals surface area (Å²) in [5.74, 6) is 1.15. The average molecular weight is 326 g/mol. The van der Waals surface area contributed by atoms with Crippen LogP contribution in [-0.2, 0) is 6.54 Å². The quantitative estimate of drug-likeness (QED) is 0.855. The predicted octanol–water partition coefficient (Wildman–Crippen LogP) is 3.88. The summed E-state index contributed by atoms with van der Waals surface area (Å²) in [6.07, 6.45) is 5.20. The van der Waals surface area contributed by atoms with Gasteiger partial charge < -0.3 is 9.47 Å². The van der Waals surface area contributed by atoms with E-state index in [0.29, 0.717) is 6.04 Å². The Labute approximate surface area is 141 Å². The fourth-order valence-corrected chi connectivity index (χ4v) is 4.99. The van der Waals surface area contributed by atoms with E-state index in [1.807, 2.05) is 24.0 Å². The number of rotatable bonds is 4. The van der Waals surface area contributed by atoms with E-state index in [9.17, 15) is 0 Å².